The van der Waals surface area contributed by atoms with Crippen LogP contribution >= 0.6 is 11.8 Å². The highest BCUT2D eigenvalue weighted by atomic mass is 32.2. The fourth-order valence-corrected chi connectivity index (χ4v) is 2.41. The highest BCUT2D eigenvalue weighted by Gasteiger charge is 2.03. The van der Waals surface area contributed by atoms with Crippen LogP contribution in [0.5, 0.6) is 0 Å². The molecule has 0 aliphatic heterocycles. The third kappa shape index (κ3) is 7.50. The van der Waals surface area contributed by atoms with Gasteiger partial charge in [0.25, 0.3) is 0 Å². The van der Waals surface area contributed by atoms with Crippen LogP contribution in [-0.4, -0.2) is 32.1 Å². The minimum absolute atomic E-state index is 0.358. The van der Waals surface area contributed by atoms with Crippen LogP contribution in [-0.2, 0) is 4.74 Å². The van der Waals surface area contributed by atoms with Gasteiger partial charge in [0, 0.05) is 30.4 Å². The zero-order chi connectivity index (χ0) is 13.9. The van der Waals surface area contributed by atoms with E-state index in [1.165, 1.54) is 23.9 Å². The third-order valence-electron chi connectivity index (χ3n) is 2.53. The Morgan fingerprint density at radius 1 is 1.21 bits per heavy atom. The fourth-order valence-electron chi connectivity index (χ4n) is 1.54. The van der Waals surface area contributed by atoms with E-state index in [1.807, 2.05) is 6.92 Å². The Bertz CT molecular complexity index is 363. The molecule has 0 amide bonds. The molecule has 5 heteroatoms. The van der Waals surface area contributed by atoms with E-state index in [9.17, 15) is 8.78 Å². The second kappa shape index (κ2) is 10.2. The monoisotopic (exact) mass is 289 g/mol. The molecule has 0 saturated heterocycles. The second-order valence-electron chi connectivity index (χ2n) is 4.08. The van der Waals surface area contributed by atoms with Crippen LogP contribution in [0.2, 0.25) is 0 Å². The summed E-state index contributed by atoms with van der Waals surface area (Å²) in [6.45, 7) is 5.28. The number of nitrogens with one attached hydrogen (secondary N) is 1. The lowest BCUT2D eigenvalue weighted by Gasteiger charge is -2.06. The summed E-state index contributed by atoms with van der Waals surface area (Å²) in [5.41, 5.74) is 0. The van der Waals surface area contributed by atoms with E-state index in [4.69, 9.17) is 4.74 Å². The summed E-state index contributed by atoms with van der Waals surface area (Å²) in [4.78, 5) is 0.373. The fraction of sp³-hybridized carbons (Fsp3) is 0.571. The first-order valence-electron chi connectivity index (χ1n) is 6.60. The summed E-state index contributed by atoms with van der Waals surface area (Å²) in [5, 5.41) is 3.27. The molecule has 0 spiro atoms. The van der Waals surface area contributed by atoms with Crippen LogP contribution in [0, 0.1) is 11.6 Å². The van der Waals surface area contributed by atoms with Crippen LogP contribution in [0.15, 0.2) is 23.1 Å². The Labute approximate surface area is 117 Å². The maximum atomic E-state index is 13.3. The number of halogens is 2. The molecule has 108 valence electrons. The van der Waals surface area contributed by atoms with Crippen molar-refractivity contribution in [3.63, 3.8) is 0 Å². The molecule has 0 bridgehead atoms. The number of hydrogen-bond acceptors (Lipinski definition) is 3. The van der Waals surface area contributed by atoms with Gasteiger partial charge in [0.1, 0.15) is 11.6 Å². The first kappa shape index (κ1) is 16.4. The largest absolute Gasteiger partial charge is 0.382 e. The van der Waals surface area contributed by atoms with Gasteiger partial charge in [-0.05, 0) is 44.5 Å². The number of rotatable bonds is 10. The number of thioether (sulfide) groups is 1. The molecular formula is C14H21F2NOS. The van der Waals surface area contributed by atoms with E-state index in [0.717, 1.165) is 51.0 Å². The van der Waals surface area contributed by atoms with Gasteiger partial charge in [-0.3, -0.25) is 0 Å². The van der Waals surface area contributed by atoms with Crippen molar-refractivity contribution in [1.82, 2.24) is 5.32 Å². The Morgan fingerprint density at radius 3 is 2.84 bits per heavy atom. The first-order valence-corrected chi connectivity index (χ1v) is 7.59. The number of unbranched alkanes of at least 4 members (excludes halogenated alkanes) is 1. The summed E-state index contributed by atoms with van der Waals surface area (Å²) in [7, 11) is 0. The topological polar surface area (TPSA) is 21.3 Å². The summed E-state index contributed by atoms with van der Waals surface area (Å²) in [6, 6.07) is 3.54. The van der Waals surface area contributed by atoms with Crippen molar-refractivity contribution in [1.29, 1.82) is 0 Å². The maximum absolute atomic E-state index is 13.3. The van der Waals surface area contributed by atoms with Crippen molar-refractivity contribution < 1.29 is 13.5 Å². The molecule has 0 aromatic heterocycles. The summed E-state index contributed by atoms with van der Waals surface area (Å²) >= 11 is 1.33. The Morgan fingerprint density at radius 2 is 2.05 bits per heavy atom. The molecule has 0 fully saturated rings. The highest BCUT2D eigenvalue weighted by molar-refractivity contribution is 7.99. The minimum Gasteiger partial charge on any atom is -0.382 e. The van der Waals surface area contributed by atoms with E-state index in [-0.39, 0.29) is 5.82 Å². The zero-order valence-corrected chi connectivity index (χ0v) is 12.1. The Kier molecular flexibility index (Phi) is 8.79. The van der Waals surface area contributed by atoms with Gasteiger partial charge in [-0.25, -0.2) is 8.78 Å². The average molecular weight is 289 g/mol. The zero-order valence-electron chi connectivity index (χ0n) is 11.3. The SMILES string of the molecule is CCOCCCCNCCSc1cc(F)ccc1F. The molecule has 1 aromatic rings. The molecule has 2 nitrogen and oxygen atoms in total. The summed E-state index contributed by atoms with van der Waals surface area (Å²) < 4.78 is 31.4. The van der Waals surface area contributed by atoms with E-state index in [0.29, 0.717) is 4.90 Å². The van der Waals surface area contributed by atoms with E-state index < -0.39 is 5.82 Å². The molecule has 0 radical (unpaired) electrons. The van der Waals surface area contributed by atoms with Gasteiger partial charge < -0.3 is 10.1 Å². The van der Waals surface area contributed by atoms with Crippen LogP contribution in [0.4, 0.5) is 8.78 Å². The molecule has 1 rings (SSSR count). The summed E-state index contributed by atoms with van der Waals surface area (Å²) in [5.74, 6) is -0.0258. The predicted octanol–water partition coefficient (Wildman–Crippen LogP) is 3.46. The maximum Gasteiger partial charge on any atom is 0.136 e. The highest BCUT2D eigenvalue weighted by Crippen LogP contribution is 2.21. The molecule has 0 atom stereocenters. The van der Waals surface area contributed by atoms with Gasteiger partial charge in [-0.15, -0.1) is 11.8 Å². The number of benzene rings is 1. The quantitative estimate of drug-likeness (QED) is 0.526. The van der Waals surface area contributed by atoms with E-state index >= 15 is 0 Å². The predicted molar refractivity (Wildman–Crippen MR) is 75.7 cm³/mol. The van der Waals surface area contributed by atoms with Crippen molar-refractivity contribution >= 4 is 11.8 Å². The molecule has 0 unspecified atom stereocenters. The second-order valence-corrected chi connectivity index (χ2v) is 5.21. The Balaban J connectivity index is 2.03. The van der Waals surface area contributed by atoms with Crippen molar-refractivity contribution in [2.45, 2.75) is 24.7 Å². The van der Waals surface area contributed by atoms with Crippen LogP contribution in [0.1, 0.15) is 19.8 Å². The van der Waals surface area contributed by atoms with Gasteiger partial charge in [0.15, 0.2) is 0 Å². The molecule has 1 aromatic carbocycles. The van der Waals surface area contributed by atoms with Crippen molar-refractivity contribution in [3.8, 4) is 0 Å². The molecular weight excluding hydrogens is 268 g/mol. The lowest BCUT2D eigenvalue weighted by atomic mass is 10.3. The molecule has 0 heterocycles. The van der Waals surface area contributed by atoms with Gasteiger partial charge >= 0.3 is 0 Å². The summed E-state index contributed by atoms with van der Waals surface area (Å²) in [6.07, 6.45) is 2.12. The molecule has 19 heavy (non-hydrogen) atoms. The third-order valence-corrected chi connectivity index (χ3v) is 3.56. The van der Waals surface area contributed by atoms with E-state index in [1.54, 1.807) is 0 Å². The van der Waals surface area contributed by atoms with Crippen molar-refractivity contribution in [2.24, 2.45) is 0 Å². The lowest BCUT2D eigenvalue weighted by molar-refractivity contribution is 0.143. The van der Waals surface area contributed by atoms with Gasteiger partial charge in [-0.2, -0.15) is 0 Å². The first-order chi connectivity index (χ1) is 9.24. The average Bonchev–Trinajstić information content (AvgIpc) is 2.40. The number of ether oxygens (including phenoxy) is 1. The number of hydrogen-bond donors (Lipinski definition) is 1. The van der Waals surface area contributed by atoms with E-state index in [2.05, 4.69) is 5.32 Å². The van der Waals surface area contributed by atoms with Gasteiger partial charge in [0.05, 0.1) is 0 Å². The molecule has 0 aliphatic rings. The van der Waals surface area contributed by atoms with Gasteiger partial charge in [0.2, 0.25) is 0 Å². The Hall–Kier alpha value is -0.650. The lowest BCUT2D eigenvalue weighted by Crippen LogP contribution is -2.18. The smallest absolute Gasteiger partial charge is 0.136 e. The normalized spacial score (nSPS) is 10.9. The minimum atomic E-state index is -0.396. The van der Waals surface area contributed by atoms with Crippen LogP contribution < -0.4 is 5.32 Å². The van der Waals surface area contributed by atoms with Crippen molar-refractivity contribution in [3.05, 3.63) is 29.8 Å². The van der Waals surface area contributed by atoms with Crippen molar-refractivity contribution in [2.75, 3.05) is 32.1 Å². The van der Waals surface area contributed by atoms with Crippen LogP contribution in [0.3, 0.4) is 0 Å². The molecule has 1 N–H and O–H groups in total. The van der Waals surface area contributed by atoms with Gasteiger partial charge in [-0.1, -0.05) is 0 Å². The van der Waals surface area contributed by atoms with Crippen LogP contribution in [0.25, 0.3) is 0 Å². The standard InChI is InChI=1S/C14H21F2NOS/c1-2-18-9-4-3-7-17-8-10-19-14-11-12(15)5-6-13(14)16/h5-6,11,17H,2-4,7-10H2,1H3. The molecule has 0 aliphatic carbocycles. The molecule has 0 saturated carbocycles.